The van der Waals surface area contributed by atoms with Gasteiger partial charge in [-0.15, -0.1) is 0 Å². The zero-order valence-corrected chi connectivity index (χ0v) is 9.07. The Kier molecular flexibility index (Phi) is 2.70. The molecule has 72 valence electrons. The van der Waals surface area contributed by atoms with E-state index in [4.69, 9.17) is 10.2 Å². The van der Waals surface area contributed by atoms with Crippen LogP contribution in [-0.2, 0) is 0 Å². The zero-order valence-electron chi connectivity index (χ0n) is 7.48. The van der Waals surface area contributed by atoms with Crippen LogP contribution in [0.25, 0.3) is 0 Å². The molecule has 1 unspecified atom stereocenters. The summed E-state index contributed by atoms with van der Waals surface area (Å²) >= 11 is 3.39. The lowest BCUT2D eigenvalue weighted by molar-refractivity contribution is 0.487. The van der Waals surface area contributed by atoms with Gasteiger partial charge in [0.2, 0.25) is 0 Å². The van der Waals surface area contributed by atoms with Gasteiger partial charge in [0, 0.05) is 0 Å². The Hall–Kier alpha value is -1.06. The molecule has 1 heterocycles. The fourth-order valence-electron chi connectivity index (χ4n) is 1.34. The summed E-state index contributed by atoms with van der Waals surface area (Å²) in [4.78, 5) is 0. The number of rotatable bonds is 2. The first-order valence-corrected chi connectivity index (χ1v) is 5.12. The molecule has 0 amide bonds. The third-order valence-corrected chi connectivity index (χ3v) is 2.74. The molecule has 3 heteroatoms. The molecule has 0 spiro atoms. The fourth-order valence-corrected chi connectivity index (χ4v) is 1.79. The molecule has 2 N–H and O–H groups in total. The van der Waals surface area contributed by atoms with Crippen LogP contribution in [0.5, 0.6) is 0 Å². The molecule has 0 fully saturated rings. The maximum absolute atomic E-state index is 6.04. The van der Waals surface area contributed by atoms with Crippen LogP contribution in [0.4, 0.5) is 0 Å². The van der Waals surface area contributed by atoms with E-state index in [9.17, 15) is 0 Å². The number of halogens is 1. The average Bonchev–Trinajstić information content (AvgIpc) is 2.65. The monoisotopic (exact) mass is 251 g/mol. The van der Waals surface area contributed by atoms with E-state index < -0.39 is 0 Å². The van der Waals surface area contributed by atoms with Gasteiger partial charge >= 0.3 is 0 Å². The molecular formula is C11H10BrNO. The average molecular weight is 252 g/mol. The smallest absolute Gasteiger partial charge is 0.139 e. The highest BCUT2D eigenvalue weighted by molar-refractivity contribution is 9.10. The van der Waals surface area contributed by atoms with Crippen LogP contribution in [0.1, 0.15) is 17.4 Å². The van der Waals surface area contributed by atoms with Crippen molar-refractivity contribution < 1.29 is 4.42 Å². The minimum absolute atomic E-state index is 0.208. The number of nitrogens with two attached hydrogens (primary N) is 1. The zero-order chi connectivity index (χ0) is 9.97. The van der Waals surface area contributed by atoms with Crippen molar-refractivity contribution in [1.82, 2.24) is 0 Å². The lowest BCUT2D eigenvalue weighted by Crippen LogP contribution is -2.11. The van der Waals surface area contributed by atoms with Gasteiger partial charge in [-0.3, -0.25) is 0 Å². The minimum Gasteiger partial charge on any atom is -0.466 e. The third kappa shape index (κ3) is 1.74. The molecule has 0 saturated heterocycles. The third-order valence-electron chi connectivity index (χ3n) is 2.09. The topological polar surface area (TPSA) is 39.2 Å². The van der Waals surface area contributed by atoms with Crippen LogP contribution in [0.3, 0.4) is 0 Å². The maximum atomic E-state index is 6.04. The molecule has 0 aliphatic heterocycles. The first-order valence-electron chi connectivity index (χ1n) is 4.32. The first kappa shape index (κ1) is 9.49. The second kappa shape index (κ2) is 3.98. The van der Waals surface area contributed by atoms with Gasteiger partial charge in [-0.1, -0.05) is 30.3 Å². The summed E-state index contributed by atoms with van der Waals surface area (Å²) in [6.07, 6.45) is 1.63. The highest BCUT2D eigenvalue weighted by Crippen LogP contribution is 2.27. The highest BCUT2D eigenvalue weighted by atomic mass is 79.9. The van der Waals surface area contributed by atoms with Crippen LogP contribution in [0, 0.1) is 0 Å². The molecule has 0 aliphatic rings. The lowest BCUT2D eigenvalue weighted by Gasteiger charge is -2.09. The summed E-state index contributed by atoms with van der Waals surface area (Å²) in [5, 5.41) is 0. The van der Waals surface area contributed by atoms with Crippen molar-refractivity contribution in [2.24, 2.45) is 5.73 Å². The molecule has 0 radical (unpaired) electrons. The first-order chi connectivity index (χ1) is 6.79. The molecule has 1 aromatic carbocycles. The fraction of sp³-hybridized carbons (Fsp3) is 0.0909. The lowest BCUT2D eigenvalue weighted by atomic mass is 10.1. The number of hydrogen-bond donors (Lipinski definition) is 1. The molecule has 0 aliphatic carbocycles. The predicted molar refractivity (Wildman–Crippen MR) is 58.9 cm³/mol. The summed E-state index contributed by atoms with van der Waals surface area (Å²) in [6, 6.07) is 11.5. The SMILES string of the molecule is NC(c1ccccc1)c1occc1Br. The van der Waals surface area contributed by atoms with Gasteiger partial charge in [0.25, 0.3) is 0 Å². The van der Waals surface area contributed by atoms with Crippen molar-refractivity contribution in [1.29, 1.82) is 0 Å². The van der Waals surface area contributed by atoms with Gasteiger partial charge in [-0.2, -0.15) is 0 Å². The van der Waals surface area contributed by atoms with Crippen LogP contribution in [0.2, 0.25) is 0 Å². The largest absolute Gasteiger partial charge is 0.466 e. The van der Waals surface area contributed by atoms with Gasteiger partial charge in [-0.05, 0) is 27.6 Å². The normalized spacial score (nSPS) is 12.7. The van der Waals surface area contributed by atoms with Crippen LogP contribution in [-0.4, -0.2) is 0 Å². The van der Waals surface area contributed by atoms with E-state index in [1.54, 1.807) is 6.26 Å². The van der Waals surface area contributed by atoms with Crippen molar-refractivity contribution in [3.63, 3.8) is 0 Å². The van der Waals surface area contributed by atoms with E-state index in [1.807, 2.05) is 36.4 Å². The van der Waals surface area contributed by atoms with Gasteiger partial charge < -0.3 is 10.2 Å². The summed E-state index contributed by atoms with van der Waals surface area (Å²) in [6.45, 7) is 0. The standard InChI is InChI=1S/C11H10BrNO/c12-9-6-7-14-11(9)10(13)8-4-2-1-3-5-8/h1-7,10H,13H2. The number of furan rings is 1. The molecule has 1 aromatic heterocycles. The summed E-state index contributed by atoms with van der Waals surface area (Å²) in [5.41, 5.74) is 7.08. The van der Waals surface area contributed by atoms with Crippen molar-refractivity contribution in [2.75, 3.05) is 0 Å². The van der Waals surface area contributed by atoms with E-state index >= 15 is 0 Å². The quantitative estimate of drug-likeness (QED) is 0.891. The molecule has 14 heavy (non-hydrogen) atoms. The highest BCUT2D eigenvalue weighted by Gasteiger charge is 2.14. The van der Waals surface area contributed by atoms with Gasteiger partial charge in [0.1, 0.15) is 5.76 Å². The van der Waals surface area contributed by atoms with Crippen molar-refractivity contribution in [3.8, 4) is 0 Å². The molecule has 2 rings (SSSR count). The Bertz CT molecular complexity index is 410. The van der Waals surface area contributed by atoms with E-state index in [-0.39, 0.29) is 6.04 Å². The van der Waals surface area contributed by atoms with Crippen LogP contribution < -0.4 is 5.73 Å². The van der Waals surface area contributed by atoms with E-state index in [2.05, 4.69) is 15.9 Å². The molecular weight excluding hydrogens is 242 g/mol. The molecule has 1 atom stereocenters. The van der Waals surface area contributed by atoms with Crippen molar-refractivity contribution in [2.45, 2.75) is 6.04 Å². The maximum Gasteiger partial charge on any atom is 0.139 e. The van der Waals surface area contributed by atoms with E-state index in [1.165, 1.54) is 0 Å². The Labute approximate surface area is 90.9 Å². The number of hydrogen-bond acceptors (Lipinski definition) is 2. The Morgan fingerprint density at radius 2 is 1.86 bits per heavy atom. The molecule has 0 bridgehead atoms. The Balaban J connectivity index is 2.34. The van der Waals surface area contributed by atoms with Crippen molar-refractivity contribution >= 4 is 15.9 Å². The Morgan fingerprint density at radius 3 is 2.43 bits per heavy atom. The Morgan fingerprint density at radius 1 is 1.14 bits per heavy atom. The van der Waals surface area contributed by atoms with Gasteiger partial charge in [-0.25, -0.2) is 0 Å². The summed E-state index contributed by atoms with van der Waals surface area (Å²) in [5.74, 6) is 0.760. The van der Waals surface area contributed by atoms with Gasteiger partial charge in [0.05, 0.1) is 16.8 Å². The predicted octanol–water partition coefficient (Wildman–Crippen LogP) is 3.09. The molecule has 0 saturated carbocycles. The van der Waals surface area contributed by atoms with Crippen LogP contribution in [0.15, 0.2) is 51.6 Å². The van der Waals surface area contributed by atoms with Gasteiger partial charge in [0.15, 0.2) is 0 Å². The van der Waals surface area contributed by atoms with E-state index in [0.29, 0.717) is 0 Å². The second-order valence-electron chi connectivity index (χ2n) is 3.02. The summed E-state index contributed by atoms with van der Waals surface area (Å²) < 4.78 is 6.22. The number of benzene rings is 1. The minimum atomic E-state index is -0.208. The van der Waals surface area contributed by atoms with E-state index in [0.717, 1.165) is 15.8 Å². The molecule has 2 aromatic rings. The summed E-state index contributed by atoms with van der Waals surface area (Å²) in [7, 11) is 0. The second-order valence-corrected chi connectivity index (χ2v) is 3.88. The van der Waals surface area contributed by atoms with Crippen molar-refractivity contribution in [3.05, 3.63) is 58.5 Å². The molecule has 2 nitrogen and oxygen atoms in total. The van der Waals surface area contributed by atoms with Crippen LogP contribution >= 0.6 is 15.9 Å².